The zero-order valence-corrected chi connectivity index (χ0v) is 15.3. The van der Waals surface area contributed by atoms with Crippen LogP contribution in [0.25, 0.3) is 11.5 Å². The number of oxazole rings is 1. The Labute approximate surface area is 154 Å². The molecule has 3 aromatic rings. The van der Waals surface area contributed by atoms with Crippen LogP contribution in [0.3, 0.4) is 0 Å². The average Bonchev–Trinajstić information content (AvgIpc) is 3.16. The summed E-state index contributed by atoms with van der Waals surface area (Å²) in [5.74, 6) is 0.980. The van der Waals surface area contributed by atoms with Gasteiger partial charge in [-0.05, 0) is 43.4 Å². The van der Waals surface area contributed by atoms with Gasteiger partial charge in [0.2, 0.25) is 5.89 Å². The molecule has 0 aliphatic rings. The molecule has 26 heavy (non-hydrogen) atoms. The van der Waals surface area contributed by atoms with Crippen molar-refractivity contribution in [2.75, 3.05) is 0 Å². The lowest BCUT2D eigenvalue weighted by molar-refractivity contribution is 0.131. The smallest absolute Gasteiger partial charge is 0.223 e. The van der Waals surface area contributed by atoms with Gasteiger partial charge in [0.25, 0.3) is 0 Å². The predicted molar refractivity (Wildman–Crippen MR) is 103 cm³/mol. The summed E-state index contributed by atoms with van der Waals surface area (Å²) in [7, 11) is 0. The molecule has 0 radical (unpaired) electrons. The third kappa shape index (κ3) is 5.27. The molecule has 1 aromatic carbocycles. The van der Waals surface area contributed by atoms with Crippen LogP contribution < -0.4 is 0 Å². The van der Waals surface area contributed by atoms with E-state index in [2.05, 4.69) is 34.2 Å². The minimum Gasteiger partial charge on any atom is -0.436 e. The molecule has 4 heteroatoms. The number of aryl methyl sites for hydroxylation is 2. The summed E-state index contributed by atoms with van der Waals surface area (Å²) in [6.45, 7) is 1.99. The SMILES string of the molecule is Cc1ccc(-c2cnc([C@@H](O)CCCCCCc3ccccc3)o2)nc1. The fraction of sp³-hybridized carbons (Fsp3) is 0.364. The first-order valence-electron chi connectivity index (χ1n) is 9.33. The summed E-state index contributed by atoms with van der Waals surface area (Å²) in [6.07, 6.45) is 9.01. The van der Waals surface area contributed by atoms with Gasteiger partial charge in [0, 0.05) is 6.20 Å². The maximum absolute atomic E-state index is 10.3. The van der Waals surface area contributed by atoms with Gasteiger partial charge in [-0.25, -0.2) is 4.98 Å². The number of hydrogen-bond acceptors (Lipinski definition) is 4. The lowest BCUT2D eigenvalue weighted by Gasteiger charge is -2.06. The molecule has 136 valence electrons. The van der Waals surface area contributed by atoms with E-state index in [-0.39, 0.29) is 0 Å². The fourth-order valence-corrected chi connectivity index (χ4v) is 2.96. The standard InChI is InChI=1S/C22H26N2O2/c1-17-13-14-19(23-15-17)21-16-24-22(26-21)20(25)12-8-3-2-5-9-18-10-6-4-7-11-18/h4,6-7,10-11,13-16,20,25H,2-3,5,8-9,12H2,1H3/t20-/m0/s1. The van der Waals surface area contributed by atoms with E-state index < -0.39 is 6.10 Å². The summed E-state index contributed by atoms with van der Waals surface area (Å²) in [4.78, 5) is 8.54. The van der Waals surface area contributed by atoms with Crippen molar-refractivity contribution in [2.45, 2.75) is 51.6 Å². The van der Waals surface area contributed by atoms with Crippen molar-refractivity contribution in [1.82, 2.24) is 9.97 Å². The summed E-state index contributed by atoms with van der Waals surface area (Å²) in [5, 5.41) is 10.3. The van der Waals surface area contributed by atoms with Crippen LogP contribution in [-0.4, -0.2) is 15.1 Å². The second-order valence-electron chi connectivity index (χ2n) is 6.74. The number of aliphatic hydroxyl groups excluding tert-OH is 1. The summed E-state index contributed by atoms with van der Waals surface area (Å²) >= 11 is 0. The highest BCUT2D eigenvalue weighted by atomic mass is 16.4. The first-order valence-corrected chi connectivity index (χ1v) is 9.33. The second-order valence-corrected chi connectivity index (χ2v) is 6.74. The van der Waals surface area contributed by atoms with Gasteiger partial charge in [-0.15, -0.1) is 0 Å². The average molecular weight is 350 g/mol. The molecule has 0 aliphatic carbocycles. The van der Waals surface area contributed by atoms with Crippen LogP contribution in [0.1, 0.15) is 55.2 Å². The quantitative estimate of drug-likeness (QED) is 0.534. The first kappa shape index (κ1) is 18.3. The molecule has 3 rings (SSSR count). The number of benzene rings is 1. The number of nitrogens with zero attached hydrogens (tertiary/aromatic N) is 2. The fourth-order valence-electron chi connectivity index (χ4n) is 2.96. The Hall–Kier alpha value is -2.46. The monoisotopic (exact) mass is 350 g/mol. The summed E-state index contributed by atoms with van der Waals surface area (Å²) < 4.78 is 5.68. The largest absolute Gasteiger partial charge is 0.436 e. The number of aliphatic hydroxyl groups is 1. The highest BCUT2D eigenvalue weighted by molar-refractivity contribution is 5.50. The van der Waals surface area contributed by atoms with Crippen LogP contribution in [0.5, 0.6) is 0 Å². The normalized spacial score (nSPS) is 12.2. The van der Waals surface area contributed by atoms with Gasteiger partial charge in [-0.3, -0.25) is 4.98 Å². The van der Waals surface area contributed by atoms with Gasteiger partial charge in [0.1, 0.15) is 11.8 Å². The number of hydrogen-bond donors (Lipinski definition) is 1. The number of aromatic nitrogens is 2. The van der Waals surface area contributed by atoms with Gasteiger partial charge >= 0.3 is 0 Å². The van der Waals surface area contributed by atoms with E-state index in [0.29, 0.717) is 18.1 Å². The highest BCUT2D eigenvalue weighted by Crippen LogP contribution is 2.24. The molecular formula is C22H26N2O2. The van der Waals surface area contributed by atoms with Crippen molar-refractivity contribution in [2.24, 2.45) is 0 Å². The first-order chi connectivity index (χ1) is 12.7. The zero-order valence-electron chi connectivity index (χ0n) is 15.3. The highest BCUT2D eigenvalue weighted by Gasteiger charge is 2.15. The molecule has 0 fully saturated rings. The molecule has 0 unspecified atom stereocenters. The Kier molecular flexibility index (Phi) is 6.56. The molecule has 2 aromatic heterocycles. The molecular weight excluding hydrogens is 324 g/mol. The third-order valence-corrected chi connectivity index (χ3v) is 4.51. The second kappa shape index (κ2) is 9.30. The third-order valence-electron chi connectivity index (χ3n) is 4.51. The van der Waals surface area contributed by atoms with Crippen LogP contribution in [0.2, 0.25) is 0 Å². The van der Waals surface area contributed by atoms with Gasteiger partial charge in [0.15, 0.2) is 5.76 Å². The van der Waals surface area contributed by atoms with Crippen LogP contribution in [0.4, 0.5) is 0 Å². The predicted octanol–water partition coefficient (Wildman–Crippen LogP) is 5.27. The van der Waals surface area contributed by atoms with Gasteiger partial charge in [-0.2, -0.15) is 0 Å². The maximum atomic E-state index is 10.3. The molecule has 1 atom stereocenters. The van der Waals surface area contributed by atoms with Crippen LogP contribution in [-0.2, 0) is 6.42 Å². The van der Waals surface area contributed by atoms with Crippen LogP contribution >= 0.6 is 0 Å². The Morgan fingerprint density at radius 3 is 2.50 bits per heavy atom. The van der Waals surface area contributed by atoms with Crippen LogP contribution in [0.15, 0.2) is 59.3 Å². The summed E-state index contributed by atoms with van der Waals surface area (Å²) in [6, 6.07) is 14.5. The lowest BCUT2D eigenvalue weighted by Crippen LogP contribution is -1.97. The molecule has 4 nitrogen and oxygen atoms in total. The molecule has 0 bridgehead atoms. The molecule has 0 saturated heterocycles. The topological polar surface area (TPSA) is 59.2 Å². The van der Waals surface area contributed by atoms with Gasteiger partial charge in [-0.1, -0.05) is 55.7 Å². The molecule has 0 saturated carbocycles. The number of pyridine rings is 1. The van der Waals surface area contributed by atoms with Gasteiger partial charge in [0.05, 0.1) is 6.20 Å². The van der Waals surface area contributed by atoms with E-state index >= 15 is 0 Å². The molecule has 0 spiro atoms. The lowest BCUT2D eigenvalue weighted by atomic mass is 10.0. The zero-order chi connectivity index (χ0) is 18.2. The van der Waals surface area contributed by atoms with Crippen molar-refractivity contribution in [3.63, 3.8) is 0 Å². The molecule has 0 aliphatic heterocycles. The van der Waals surface area contributed by atoms with E-state index in [1.165, 1.54) is 18.4 Å². The van der Waals surface area contributed by atoms with Crippen molar-refractivity contribution >= 4 is 0 Å². The van der Waals surface area contributed by atoms with Crippen molar-refractivity contribution in [1.29, 1.82) is 0 Å². The van der Waals surface area contributed by atoms with Crippen molar-refractivity contribution in [3.8, 4) is 11.5 Å². The number of rotatable bonds is 9. The Morgan fingerprint density at radius 2 is 1.73 bits per heavy atom. The van der Waals surface area contributed by atoms with E-state index in [0.717, 1.165) is 30.5 Å². The molecule has 1 N–H and O–H groups in total. The number of unbranched alkanes of at least 4 members (excludes halogenated alkanes) is 3. The Balaban J connectivity index is 1.38. The minimum atomic E-state index is -0.650. The van der Waals surface area contributed by atoms with E-state index in [4.69, 9.17) is 4.42 Å². The molecule has 0 amide bonds. The Morgan fingerprint density at radius 1 is 0.923 bits per heavy atom. The van der Waals surface area contributed by atoms with E-state index in [1.54, 1.807) is 12.4 Å². The van der Waals surface area contributed by atoms with Crippen molar-refractivity contribution < 1.29 is 9.52 Å². The maximum Gasteiger partial charge on any atom is 0.223 e. The van der Waals surface area contributed by atoms with Crippen molar-refractivity contribution in [3.05, 3.63) is 71.9 Å². The van der Waals surface area contributed by atoms with E-state index in [9.17, 15) is 5.11 Å². The Bertz CT molecular complexity index is 781. The summed E-state index contributed by atoms with van der Waals surface area (Å²) in [5.41, 5.74) is 3.23. The van der Waals surface area contributed by atoms with E-state index in [1.807, 2.05) is 25.1 Å². The van der Waals surface area contributed by atoms with Crippen LogP contribution in [0, 0.1) is 6.92 Å². The van der Waals surface area contributed by atoms with Gasteiger partial charge < -0.3 is 9.52 Å². The molecule has 2 heterocycles. The minimum absolute atomic E-state index is 0.381.